The Labute approximate surface area is 120 Å². The highest BCUT2D eigenvalue weighted by Crippen LogP contribution is 2.39. The standard InChI is InChI=1S/C13H17N3OS2/c1-18-13-15-10-8-4-2-3-5-9(8)19-11(10)12(16-13)14-6-7-17/h17H,2-7H2,1H3,(H,14,15,16). The number of rotatable bonds is 4. The van der Waals surface area contributed by atoms with Crippen LogP contribution in [0.2, 0.25) is 0 Å². The van der Waals surface area contributed by atoms with Crippen LogP contribution in [0.15, 0.2) is 5.16 Å². The van der Waals surface area contributed by atoms with E-state index in [4.69, 9.17) is 10.1 Å². The molecule has 2 N–H and O–H groups in total. The van der Waals surface area contributed by atoms with Crippen LogP contribution >= 0.6 is 23.1 Å². The molecule has 0 spiro atoms. The third kappa shape index (κ3) is 2.44. The van der Waals surface area contributed by atoms with Crippen molar-refractivity contribution in [2.45, 2.75) is 30.8 Å². The van der Waals surface area contributed by atoms with Crippen LogP contribution in [-0.2, 0) is 12.8 Å². The highest BCUT2D eigenvalue weighted by Gasteiger charge is 2.20. The van der Waals surface area contributed by atoms with Gasteiger partial charge in [0.1, 0.15) is 5.82 Å². The van der Waals surface area contributed by atoms with Gasteiger partial charge in [-0.15, -0.1) is 11.3 Å². The first-order chi connectivity index (χ1) is 9.33. The smallest absolute Gasteiger partial charge is 0.189 e. The zero-order chi connectivity index (χ0) is 13.2. The van der Waals surface area contributed by atoms with E-state index in [1.807, 2.05) is 17.6 Å². The van der Waals surface area contributed by atoms with E-state index in [1.165, 1.54) is 29.7 Å². The van der Waals surface area contributed by atoms with Crippen molar-refractivity contribution >= 4 is 39.1 Å². The number of anilines is 1. The normalized spacial score (nSPS) is 14.6. The van der Waals surface area contributed by atoms with Crippen molar-refractivity contribution in [1.29, 1.82) is 0 Å². The Morgan fingerprint density at radius 1 is 1.32 bits per heavy atom. The second-order valence-electron chi connectivity index (χ2n) is 4.60. The lowest BCUT2D eigenvalue weighted by Crippen LogP contribution is -2.08. The molecule has 0 saturated heterocycles. The van der Waals surface area contributed by atoms with Crippen LogP contribution in [0.25, 0.3) is 10.2 Å². The van der Waals surface area contributed by atoms with Gasteiger partial charge in [0.15, 0.2) is 5.16 Å². The lowest BCUT2D eigenvalue weighted by Gasteiger charge is -2.10. The van der Waals surface area contributed by atoms with Crippen molar-refractivity contribution < 1.29 is 5.11 Å². The maximum atomic E-state index is 8.98. The van der Waals surface area contributed by atoms with Crippen LogP contribution in [-0.4, -0.2) is 34.5 Å². The quantitative estimate of drug-likeness (QED) is 0.671. The number of thioether (sulfide) groups is 1. The predicted octanol–water partition coefficient (Wildman–Crippen LogP) is 2.70. The maximum absolute atomic E-state index is 8.98. The first kappa shape index (κ1) is 13.1. The van der Waals surface area contributed by atoms with Crippen LogP contribution < -0.4 is 5.32 Å². The van der Waals surface area contributed by atoms with Gasteiger partial charge in [-0.05, 0) is 37.5 Å². The molecule has 2 aromatic heterocycles. The number of thiophene rings is 1. The summed E-state index contributed by atoms with van der Waals surface area (Å²) in [4.78, 5) is 10.7. The summed E-state index contributed by atoms with van der Waals surface area (Å²) in [6.07, 6.45) is 6.85. The van der Waals surface area contributed by atoms with Crippen LogP contribution in [0, 0.1) is 0 Å². The summed E-state index contributed by atoms with van der Waals surface area (Å²) in [5.74, 6) is 0.878. The molecule has 0 radical (unpaired) electrons. The number of nitrogens with zero attached hydrogens (tertiary/aromatic N) is 2. The first-order valence-electron chi connectivity index (χ1n) is 6.54. The maximum Gasteiger partial charge on any atom is 0.189 e. The number of aryl methyl sites for hydroxylation is 2. The summed E-state index contributed by atoms with van der Waals surface area (Å²) in [6, 6.07) is 0. The summed E-state index contributed by atoms with van der Waals surface area (Å²) in [6.45, 7) is 0.647. The zero-order valence-electron chi connectivity index (χ0n) is 10.9. The summed E-state index contributed by atoms with van der Waals surface area (Å²) < 4.78 is 1.15. The van der Waals surface area contributed by atoms with Crippen molar-refractivity contribution in [3.05, 3.63) is 10.4 Å². The van der Waals surface area contributed by atoms with Crippen LogP contribution in [0.3, 0.4) is 0 Å². The molecule has 1 aliphatic carbocycles. The monoisotopic (exact) mass is 295 g/mol. The fourth-order valence-corrected chi connectivity index (χ4v) is 4.14. The molecular weight excluding hydrogens is 278 g/mol. The summed E-state index contributed by atoms with van der Waals surface area (Å²) in [7, 11) is 0. The predicted molar refractivity (Wildman–Crippen MR) is 81.4 cm³/mol. The summed E-state index contributed by atoms with van der Waals surface area (Å²) >= 11 is 3.38. The molecule has 0 atom stereocenters. The molecule has 102 valence electrons. The van der Waals surface area contributed by atoms with Gasteiger partial charge >= 0.3 is 0 Å². The van der Waals surface area contributed by atoms with Crippen LogP contribution in [0.5, 0.6) is 0 Å². The largest absolute Gasteiger partial charge is 0.395 e. The van der Waals surface area contributed by atoms with Crippen molar-refractivity contribution in [3.63, 3.8) is 0 Å². The average molecular weight is 295 g/mol. The van der Waals surface area contributed by atoms with E-state index in [1.54, 1.807) is 11.8 Å². The van der Waals surface area contributed by atoms with Gasteiger partial charge in [0, 0.05) is 11.4 Å². The topological polar surface area (TPSA) is 58.0 Å². The number of aliphatic hydroxyl groups excluding tert-OH is 1. The van der Waals surface area contributed by atoms with Gasteiger partial charge in [-0.3, -0.25) is 0 Å². The fraction of sp³-hybridized carbons (Fsp3) is 0.538. The van der Waals surface area contributed by atoms with Gasteiger partial charge in [0.2, 0.25) is 0 Å². The minimum atomic E-state index is 0.116. The number of hydrogen-bond acceptors (Lipinski definition) is 6. The fourth-order valence-electron chi connectivity index (χ4n) is 2.48. The third-order valence-corrected chi connectivity index (χ3v) is 5.20. The Balaban J connectivity index is 2.14. The van der Waals surface area contributed by atoms with Gasteiger partial charge in [-0.2, -0.15) is 0 Å². The van der Waals surface area contributed by atoms with E-state index in [2.05, 4.69) is 10.3 Å². The molecule has 0 bridgehead atoms. The highest BCUT2D eigenvalue weighted by molar-refractivity contribution is 7.98. The minimum Gasteiger partial charge on any atom is -0.395 e. The SMILES string of the molecule is CSc1nc(NCCO)c2sc3c(c2n1)CCCC3. The molecule has 2 aromatic rings. The van der Waals surface area contributed by atoms with E-state index in [-0.39, 0.29) is 6.61 Å². The molecule has 3 rings (SSSR count). The second-order valence-corrected chi connectivity index (χ2v) is 6.48. The molecule has 0 amide bonds. The molecule has 2 heterocycles. The number of nitrogens with one attached hydrogen (secondary N) is 1. The lowest BCUT2D eigenvalue weighted by atomic mass is 9.98. The van der Waals surface area contributed by atoms with Crippen molar-refractivity contribution in [2.75, 3.05) is 24.7 Å². The molecule has 0 aliphatic heterocycles. The van der Waals surface area contributed by atoms with Gasteiger partial charge in [-0.25, -0.2) is 9.97 Å². The Kier molecular flexibility index (Phi) is 3.91. The molecular formula is C13H17N3OS2. The lowest BCUT2D eigenvalue weighted by molar-refractivity contribution is 0.311. The van der Waals surface area contributed by atoms with Crippen LogP contribution in [0.4, 0.5) is 5.82 Å². The molecule has 0 unspecified atom stereocenters. The first-order valence-corrected chi connectivity index (χ1v) is 8.58. The van der Waals surface area contributed by atoms with Gasteiger partial charge < -0.3 is 10.4 Å². The van der Waals surface area contributed by atoms with E-state index < -0.39 is 0 Å². The number of aliphatic hydroxyl groups is 1. The summed E-state index contributed by atoms with van der Waals surface area (Å²) in [5.41, 5.74) is 2.55. The van der Waals surface area contributed by atoms with Crippen molar-refractivity contribution in [3.8, 4) is 0 Å². The van der Waals surface area contributed by atoms with Gasteiger partial charge in [0.25, 0.3) is 0 Å². The zero-order valence-corrected chi connectivity index (χ0v) is 12.5. The third-order valence-electron chi connectivity index (χ3n) is 3.36. The van der Waals surface area contributed by atoms with E-state index >= 15 is 0 Å². The highest BCUT2D eigenvalue weighted by atomic mass is 32.2. The number of fused-ring (bicyclic) bond motifs is 3. The van der Waals surface area contributed by atoms with E-state index in [0.717, 1.165) is 27.6 Å². The van der Waals surface area contributed by atoms with Crippen molar-refractivity contribution in [1.82, 2.24) is 9.97 Å². The molecule has 6 heteroatoms. The minimum absolute atomic E-state index is 0.116. The van der Waals surface area contributed by atoms with E-state index in [0.29, 0.717) is 6.54 Å². The molecule has 1 aliphatic rings. The Bertz CT molecular complexity index is 597. The second kappa shape index (κ2) is 5.64. The van der Waals surface area contributed by atoms with Gasteiger partial charge in [0.05, 0.1) is 16.8 Å². The average Bonchev–Trinajstić information content (AvgIpc) is 2.83. The van der Waals surface area contributed by atoms with Crippen LogP contribution in [0.1, 0.15) is 23.3 Å². The number of hydrogen-bond donors (Lipinski definition) is 2. The Morgan fingerprint density at radius 2 is 2.16 bits per heavy atom. The Hall–Kier alpha value is -0.850. The molecule has 0 aromatic carbocycles. The Morgan fingerprint density at radius 3 is 2.95 bits per heavy atom. The summed E-state index contributed by atoms with van der Waals surface area (Å²) in [5, 5.41) is 13.0. The number of aromatic nitrogens is 2. The van der Waals surface area contributed by atoms with Gasteiger partial charge in [-0.1, -0.05) is 11.8 Å². The molecule has 0 fully saturated rings. The molecule has 19 heavy (non-hydrogen) atoms. The van der Waals surface area contributed by atoms with Crippen molar-refractivity contribution in [2.24, 2.45) is 0 Å². The van der Waals surface area contributed by atoms with E-state index in [9.17, 15) is 0 Å². The molecule has 4 nitrogen and oxygen atoms in total. The molecule has 0 saturated carbocycles.